The molecule has 1 aromatic carbocycles. The smallest absolute Gasteiger partial charge is 0.409 e. The van der Waals surface area contributed by atoms with Crippen molar-refractivity contribution in [3.8, 4) is 5.75 Å². The zero-order chi connectivity index (χ0) is 19.8. The Labute approximate surface area is 159 Å². The second kappa shape index (κ2) is 9.80. The number of hydrogen-bond acceptors (Lipinski definition) is 5. The van der Waals surface area contributed by atoms with Gasteiger partial charge in [0.1, 0.15) is 5.75 Å². The fourth-order valence-electron chi connectivity index (χ4n) is 2.58. The van der Waals surface area contributed by atoms with E-state index in [1.165, 1.54) is 0 Å². The number of benzene rings is 1. The molecule has 0 radical (unpaired) electrons. The zero-order valence-corrected chi connectivity index (χ0v) is 16.1. The summed E-state index contributed by atoms with van der Waals surface area (Å²) in [5, 5.41) is 2.62. The number of hydrogen-bond donors (Lipinski definition) is 1. The van der Waals surface area contributed by atoms with Crippen LogP contribution in [0, 0.1) is 5.92 Å². The van der Waals surface area contributed by atoms with E-state index in [0.29, 0.717) is 44.1 Å². The number of amides is 3. The van der Waals surface area contributed by atoms with Crippen LogP contribution >= 0.6 is 0 Å². The first-order valence-electron chi connectivity index (χ1n) is 9.02. The van der Waals surface area contributed by atoms with E-state index in [1.54, 1.807) is 41.2 Å². The van der Waals surface area contributed by atoms with Crippen LogP contribution < -0.4 is 10.1 Å². The first kappa shape index (κ1) is 20.5. The van der Waals surface area contributed by atoms with Crippen molar-refractivity contribution in [2.75, 3.05) is 46.4 Å². The molecule has 1 N–H and O–H groups in total. The van der Waals surface area contributed by atoms with E-state index in [-0.39, 0.29) is 30.4 Å². The highest BCUT2D eigenvalue weighted by atomic mass is 16.6. The van der Waals surface area contributed by atoms with Crippen LogP contribution in [0.1, 0.15) is 24.2 Å². The Bertz CT molecular complexity index is 652. The Morgan fingerprint density at radius 3 is 2.19 bits per heavy atom. The number of rotatable bonds is 6. The Morgan fingerprint density at radius 2 is 1.63 bits per heavy atom. The van der Waals surface area contributed by atoms with Crippen LogP contribution in [0.25, 0.3) is 0 Å². The molecule has 0 atom stereocenters. The molecule has 0 bridgehead atoms. The van der Waals surface area contributed by atoms with Crippen LogP contribution in [0.5, 0.6) is 5.75 Å². The molecule has 1 aliphatic heterocycles. The molecule has 3 amide bonds. The lowest BCUT2D eigenvalue weighted by Crippen LogP contribution is -2.52. The van der Waals surface area contributed by atoms with Crippen LogP contribution in [0.2, 0.25) is 0 Å². The minimum atomic E-state index is -0.344. The molecule has 0 aromatic heterocycles. The zero-order valence-electron chi connectivity index (χ0n) is 16.1. The lowest BCUT2D eigenvalue weighted by molar-refractivity contribution is -0.131. The highest BCUT2D eigenvalue weighted by molar-refractivity contribution is 5.96. The van der Waals surface area contributed by atoms with Gasteiger partial charge >= 0.3 is 6.09 Å². The lowest BCUT2D eigenvalue weighted by Gasteiger charge is -2.34. The van der Waals surface area contributed by atoms with E-state index in [1.807, 2.05) is 13.8 Å². The van der Waals surface area contributed by atoms with E-state index in [9.17, 15) is 14.4 Å². The van der Waals surface area contributed by atoms with Gasteiger partial charge in [0.15, 0.2) is 0 Å². The fraction of sp³-hybridized carbons (Fsp3) is 0.526. The molecule has 1 saturated heterocycles. The van der Waals surface area contributed by atoms with Gasteiger partial charge in [0, 0.05) is 31.7 Å². The van der Waals surface area contributed by atoms with Crippen LogP contribution in [-0.4, -0.2) is 74.1 Å². The molecule has 27 heavy (non-hydrogen) atoms. The van der Waals surface area contributed by atoms with Crippen LogP contribution in [0.4, 0.5) is 4.79 Å². The summed E-state index contributed by atoms with van der Waals surface area (Å²) in [4.78, 5) is 39.6. The number of nitrogens with zero attached hydrogens (tertiary/aromatic N) is 2. The summed E-state index contributed by atoms with van der Waals surface area (Å²) in [6.07, 6.45) is -0.344. The van der Waals surface area contributed by atoms with Gasteiger partial charge in [-0.1, -0.05) is 13.8 Å². The van der Waals surface area contributed by atoms with Gasteiger partial charge in [-0.15, -0.1) is 0 Å². The molecular formula is C19H27N3O5. The van der Waals surface area contributed by atoms with Crippen molar-refractivity contribution < 1.29 is 23.9 Å². The predicted octanol–water partition coefficient (Wildman–Crippen LogP) is 1.36. The number of carbonyl (C=O) groups is 3. The number of carbonyl (C=O) groups excluding carboxylic acids is 3. The van der Waals surface area contributed by atoms with Gasteiger partial charge < -0.3 is 24.6 Å². The summed E-state index contributed by atoms with van der Waals surface area (Å²) >= 11 is 0. The SMILES string of the molecule is COc1ccc(C(=O)NCC(=O)N2CCN(C(=O)OCC(C)C)CC2)cc1. The van der Waals surface area contributed by atoms with Crippen LogP contribution in [0.3, 0.4) is 0 Å². The van der Waals surface area contributed by atoms with Crippen molar-refractivity contribution in [3.05, 3.63) is 29.8 Å². The number of nitrogens with one attached hydrogen (secondary N) is 1. The molecule has 1 aliphatic rings. The second-order valence-corrected chi connectivity index (χ2v) is 6.75. The van der Waals surface area contributed by atoms with Gasteiger partial charge in [-0.2, -0.15) is 0 Å². The number of methoxy groups -OCH3 is 1. The first-order chi connectivity index (χ1) is 12.9. The maximum absolute atomic E-state index is 12.3. The third kappa shape index (κ3) is 6.16. The molecule has 0 saturated carbocycles. The van der Waals surface area contributed by atoms with Crippen molar-refractivity contribution in [2.24, 2.45) is 5.92 Å². The van der Waals surface area contributed by atoms with Crippen LogP contribution in [0.15, 0.2) is 24.3 Å². The standard InChI is InChI=1S/C19H27N3O5/c1-14(2)13-27-19(25)22-10-8-21(9-11-22)17(23)12-20-18(24)15-4-6-16(26-3)7-5-15/h4-7,14H,8-13H2,1-3H3,(H,20,24). The molecule has 1 heterocycles. The quantitative estimate of drug-likeness (QED) is 0.809. The van der Waals surface area contributed by atoms with Gasteiger partial charge in [0.25, 0.3) is 5.91 Å². The maximum Gasteiger partial charge on any atom is 0.409 e. The third-order valence-corrected chi connectivity index (χ3v) is 4.18. The van der Waals surface area contributed by atoms with Crippen molar-refractivity contribution in [2.45, 2.75) is 13.8 Å². The predicted molar refractivity (Wildman–Crippen MR) is 99.7 cm³/mol. The van der Waals surface area contributed by atoms with Crippen molar-refractivity contribution in [1.29, 1.82) is 0 Å². The molecule has 2 rings (SSSR count). The average Bonchev–Trinajstić information content (AvgIpc) is 2.70. The van der Waals surface area contributed by atoms with Gasteiger partial charge in [-0.05, 0) is 30.2 Å². The monoisotopic (exact) mass is 377 g/mol. The summed E-state index contributed by atoms with van der Waals surface area (Å²) in [6.45, 7) is 5.96. The third-order valence-electron chi connectivity index (χ3n) is 4.18. The van der Waals surface area contributed by atoms with Gasteiger partial charge in [0.05, 0.1) is 20.3 Å². The van der Waals surface area contributed by atoms with Crippen LogP contribution in [-0.2, 0) is 9.53 Å². The lowest BCUT2D eigenvalue weighted by atomic mass is 10.2. The molecule has 0 unspecified atom stereocenters. The summed E-state index contributed by atoms with van der Waals surface area (Å²) in [7, 11) is 1.55. The number of piperazine rings is 1. The Hall–Kier alpha value is -2.77. The highest BCUT2D eigenvalue weighted by Crippen LogP contribution is 2.11. The van der Waals surface area contributed by atoms with Crippen molar-refractivity contribution in [3.63, 3.8) is 0 Å². The summed E-state index contributed by atoms with van der Waals surface area (Å²) in [5.74, 6) is 0.451. The first-order valence-corrected chi connectivity index (χ1v) is 9.02. The highest BCUT2D eigenvalue weighted by Gasteiger charge is 2.25. The molecule has 8 nitrogen and oxygen atoms in total. The number of ether oxygens (including phenoxy) is 2. The van der Waals surface area contributed by atoms with Crippen molar-refractivity contribution in [1.82, 2.24) is 15.1 Å². The molecular weight excluding hydrogens is 350 g/mol. The molecule has 0 spiro atoms. The van der Waals surface area contributed by atoms with E-state index < -0.39 is 0 Å². The maximum atomic E-state index is 12.3. The average molecular weight is 377 g/mol. The minimum absolute atomic E-state index is 0.0807. The topological polar surface area (TPSA) is 88.2 Å². The Balaban J connectivity index is 1.74. The molecule has 8 heteroatoms. The molecule has 1 aromatic rings. The van der Waals surface area contributed by atoms with E-state index >= 15 is 0 Å². The van der Waals surface area contributed by atoms with Crippen molar-refractivity contribution >= 4 is 17.9 Å². The fourth-order valence-corrected chi connectivity index (χ4v) is 2.58. The van der Waals surface area contributed by atoms with E-state index in [4.69, 9.17) is 9.47 Å². The summed E-state index contributed by atoms with van der Waals surface area (Å²) in [6, 6.07) is 6.66. The summed E-state index contributed by atoms with van der Waals surface area (Å²) < 4.78 is 10.3. The second-order valence-electron chi connectivity index (χ2n) is 6.75. The van der Waals surface area contributed by atoms with Gasteiger partial charge in [-0.25, -0.2) is 4.79 Å². The van der Waals surface area contributed by atoms with E-state index in [2.05, 4.69) is 5.32 Å². The largest absolute Gasteiger partial charge is 0.497 e. The molecule has 0 aliphatic carbocycles. The molecule has 148 valence electrons. The Morgan fingerprint density at radius 1 is 1.04 bits per heavy atom. The van der Waals surface area contributed by atoms with Gasteiger partial charge in [0.2, 0.25) is 5.91 Å². The van der Waals surface area contributed by atoms with E-state index in [0.717, 1.165) is 0 Å². The summed E-state index contributed by atoms with van der Waals surface area (Å²) in [5.41, 5.74) is 0.460. The Kier molecular flexibility index (Phi) is 7.45. The molecule has 1 fully saturated rings. The normalized spacial score (nSPS) is 14.1. The van der Waals surface area contributed by atoms with Gasteiger partial charge in [-0.3, -0.25) is 9.59 Å². The minimum Gasteiger partial charge on any atom is -0.497 e.